The van der Waals surface area contributed by atoms with Crippen molar-refractivity contribution in [3.8, 4) is 0 Å². The highest BCUT2D eigenvalue weighted by Gasteiger charge is 2.24. The topological polar surface area (TPSA) is 135 Å². The van der Waals surface area contributed by atoms with Crippen molar-refractivity contribution in [2.24, 2.45) is 10.2 Å². The molecule has 0 atom stereocenters. The van der Waals surface area contributed by atoms with Gasteiger partial charge < -0.3 is 0 Å². The zero-order valence-corrected chi connectivity index (χ0v) is 16.1. The Bertz CT molecular complexity index is 1110. The number of nitro benzene ring substituents is 2. The van der Waals surface area contributed by atoms with Crippen molar-refractivity contribution in [2.75, 3.05) is 10.9 Å². The van der Waals surface area contributed by atoms with Crippen LogP contribution in [0.5, 0.6) is 0 Å². The average Bonchev–Trinajstić information content (AvgIpc) is 3.14. The summed E-state index contributed by atoms with van der Waals surface area (Å²) in [5.74, 6) is 0. The van der Waals surface area contributed by atoms with Crippen LogP contribution in [0.25, 0.3) is 0 Å². The van der Waals surface area contributed by atoms with E-state index in [1.165, 1.54) is 24.3 Å². The number of fused-ring (bicyclic) bond motifs is 1. The third-order valence-electron chi connectivity index (χ3n) is 4.68. The molecule has 0 spiro atoms. The van der Waals surface area contributed by atoms with E-state index in [-0.39, 0.29) is 11.4 Å². The largest absolute Gasteiger partial charge is 0.278 e. The van der Waals surface area contributed by atoms with Crippen LogP contribution < -0.4 is 10.9 Å². The van der Waals surface area contributed by atoms with Crippen LogP contribution in [0.1, 0.15) is 17.5 Å². The molecule has 10 heteroatoms. The molecule has 3 aromatic carbocycles. The number of hydrogen-bond acceptors (Lipinski definition) is 8. The zero-order chi connectivity index (χ0) is 21.8. The van der Waals surface area contributed by atoms with Crippen molar-refractivity contribution in [1.82, 2.24) is 0 Å². The first-order valence-corrected chi connectivity index (χ1v) is 9.25. The first-order chi connectivity index (χ1) is 15.0. The van der Waals surface area contributed by atoms with Gasteiger partial charge in [0.1, 0.15) is 0 Å². The van der Waals surface area contributed by atoms with Gasteiger partial charge in [0.25, 0.3) is 11.4 Å². The summed E-state index contributed by atoms with van der Waals surface area (Å²) >= 11 is 0. The quantitative estimate of drug-likeness (QED) is 0.447. The summed E-state index contributed by atoms with van der Waals surface area (Å²) in [5.41, 5.74) is 10.6. The highest BCUT2D eigenvalue weighted by Crippen LogP contribution is 2.25. The lowest BCUT2D eigenvalue weighted by atomic mass is 10.1. The molecule has 0 unspecified atom stereocenters. The molecule has 31 heavy (non-hydrogen) atoms. The van der Waals surface area contributed by atoms with E-state index in [1.54, 1.807) is 24.3 Å². The summed E-state index contributed by atoms with van der Waals surface area (Å²) in [5, 5.41) is 30.5. The maximum atomic E-state index is 10.8. The lowest BCUT2D eigenvalue weighted by Gasteiger charge is -2.02. The molecule has 0 aromatic heterocycles. The van der Waals surface area contributed by atoms with Gasteiger partial charge in [0, 0.05) is 41.8 Å². The highest BCUT2D eigenvalue weighted by molar-refractivity contribution is 6.28. The molecule has 4 rings (SSSR count). The number of nitro groups is 2. The smallest absolute Gasteiger partial charge is 0.269 e. The van der Waals surface area contributed by atoms with Gasteiger partial charge in [-0.1, -0.05) is 24.3 Å². The van der Waals surface area contributed by atoms with Crippen LogP contribution in [-0.4, -0.2) is 21.3 Å². The van der Waals surface area contributed by atoms with Crippen LogP contribution in [-0.2, 0) is 0 Å². The molecule has 1 aliphatic rings. The zero-order valence-electron chi connectivity index (χ0n) is 16.1. The van der Waals surface area contributed by atoms with Crippen molar-refractivity contribution in [2.45, 2.75) is 6.42 Å². The van der Waals surface area contributed by atoms with Crippen LogP contribution >= 0.6 is 0 Å². The fraction of sp³-hybridized carbons (Fsp3) is 0.0476. The lowest BCUT2D eigenvalue weighted by Crippen LogP contribution is -2.03. The molecule has 0 saturated carbocycles. The summed E-state index contributed by atoms with van der Waals surface area (Å²) in [4.78, 5) is 20.6. The number of nitrogens with zero attached hydrogens (tertiary/aromatic N) is 4. The van der Waals surface area contributed by atoms with Crippen molar-refractivity contribution in [3.05, 3.63) is 104 Å². The van der Waals surface area contributed by atoms with E-state index in [0.717, 1.165) is 22.6 Å². The third-order valence-corrected chi connectivity index (χ3v) is 4.68. The Labute approximate surface area is 176 Å². The molecule has 0 aliphatic heterocycles. The second-order valence-corrected chi connectivity index (χ2v) is 6.67. The van der Waals surface area contributed by atoms with Crippen LogP contribution in [0, 0.1) is 20.2 Å². The van der Waals surface area contributed by atoms with E-state index in [0.29, 0.717) is 17.8 Å². The summed E-state index contributed by atoms with van der Waals surface area (Å²) in [6.07, 6.45) is 0.472. The van der Waals surface area contributed by atoms with E-state index < -0.39 is 9.85 Å². The molecule has 0 fully saturated rings. The monoisotopic (exact) mass is 416 g/mol. The Balaban J connectivity index is 1.52. The number of hydrazone groups is 2. The number of nitrogens with one attached hydrogen (secondary N) is 2. The molecule has 0 heterocycles. The summed E-state index contributed by atoms with van der Waals surface area (Å²) in [7, 11) is 0. The van der Waals surface area contributed by atoms with Gasteiger partial charge in [0.2, 0.25) is 0 Å². The van der Waals surface area contributed by atoms with Crippen LogP contribution in [0.4, 0.5) is 22.7 Å². The fourth-order valence-corrected chi connectivity index (χ4v) is 3.11. The second-order valence-electron chi connectivity index (χ2n) is 6.67. The van der Waals surface area contributed by atoms with Gasteiger partial charge in [-0.3, -0.25) is 31.1 Å². The van der Waals surface area contributed by atoms with Gasteiger partial charge in [-0.05, 0) is 24.3 Å². The molecule has 3 aromatic rings. The number of benzene rings is 3. The van der Waals surface area contributed by atoms with Gasteiger partial charge in [-0.15, -0.1) is 0 Å². The molecule has 0 amide bonds. The molecule has 154 valence electrons. The van der Waals surface area contributed by atoms with Gasteiger partial charge in [-0.2, -0.15) is 10.2 Å². The number of hydrogen-bond donors (Lipinski definition) is 2. The number of rotatable bonds is 6. The molecule has 10 nitrogen and oxygen atoms in total. The molecule has 2 N–H and O–H groups in total. The van der Waals surface area contributed by atoms with Crippen LogP contribution in [0.3, 0.4) is 0 Å². The fourth-order valence-electron chi connectivity index (χ4n) is 3.11. The van der Waals surface area contributed by atoms with Crippen LogP contribution in [0.2, 0.25) is 0 Å². The number of anilines is 2. The van der Waals surface area contributed by atoms with Crippen molar-refractivity contribution in [1.29, 1.82) is 0 Å². The summed E-state index contributed by atoms with van der Waals surface area (Å²) in [6, 6.07) is 19.7. The minimum absolute atomic E-state index is 0.0103. The highest BCUT2D eigenvalue weighted by atomic mass is 16.6. The van der Waals surface area contributed by atoms with Gasteiger partial charge >= 0.3 is 0 Å². The molecule has 1 aliphatic carbocycles. The van der Waals surface area contributed by atoms with E-state index >= 15 is 0 Å². The molecule has 0 radical (unpaired) electrons. The second kappa shape index (κ2) is 8.41. The van der Waals surface area contributed by atoms with Gasteiger partial charge in [-0.25, -0.2) is 0 Å². The predicted octanol–water partition coefficient (Wildman–Crippen LogP) is 4.54. The molecular weight excluding hydrogens is 400 g/mol. The Morgan fingerprint density at radius 3 is 1.39 bits per heavy atom. The molecule has 0 saturated heterocycles. The lowest BCUT2D eigenvalue weighted by molar-refractivity contribution is -0.385. The Morgan fingerprint density at radius 1 is 0.645 bits per heavy atom. The average molecular weight is 416 g/mol. The SMILES string of the molecule is O=[N+]([O-])c1ccc(N/N=C2\C/C(=N\Nc3ccc([N+](=O)[O-])cc3)c3ccccc32)cc1. The van der Waals surface area contributed by atoms with E-state index in [9.17, 15) is 20.2 Å². The summed E-state index contributed by atoms with van der Waals surface area (Å²) < 4.78 is 0. The first-order valence-electron chi connectivity index (χ1n) is 9.25. The number of non-ortho nitro benzene ring substituents is 2. The molecule has 0 bridgehead atoms. The first kappa shape index (κ1) is 19.7. The van der Waals surface area contributed by atoms with Crippen molar-refractivity contribution >= 4 is 34.2 Å². The maximum Gasteiger partial charge on any atom is 0.269 e. The molecular formula is C21H16N6O4. The van der Waals surface area contributed by atoms with Gasteiger partial charge in [0.15, 0.2) is 0 Å². The van der Waals surface area contributed by atoms with E-state index in [1.807, 2.05) is 24.3 Å². The summed E-state index contributed by atoms with van der Waals surface area (Å²) in [6.45, 7) is 0. The van der Waals surface area contributed by atoms with E-state index in [4.69, 9.17) is 0 Å². The Hall–Kier alpha value is -4.60. The predicted molar refractivity (Wildman–Crippen MR) is 118 cm³/mol. The van der Waals surface area contributed by atoms with Gasteiger partial charge in [0.05, 0.1) is 32.6 Å². The van der Waals surface area contributed by atoms with Crippen LogP contribution in [0.15, 0.2) is 83.0 Å². The maximum absolute atomic E-state index is 10.8. The van der Waals surface area contributed by atoms with E-state index in [2.05, 4.69) is 21.1 Å². The van der Waals surface area contributed by atoms with Crippen molar-refractivity contribution in [3.63, 3.8) is 0 Å². The normalized spacial score (nSPS) is 15.0. The van der Waals surface area contributed by atoms with Crippen molar-refractivity contribution < 1.29 is 9.85 Å². The standard InChI is InChI=1S/C21H16N6O4/c28-26(29)16-9-5-14(6-10-16)22-24-20-13-21(19-4-2-1-3-18(19)20)25-23-15-7-11-17(12-8-15)27(30)31/h1-12,22-23H,13H2/b24-20+,25-21+. The minimum Gasteiger partial charge on any atom is -0.278 e. The third kappa shape index (κ3) is 4.37. The Kier molecular flexibility index (Phi) is 5.35. The Morgan fingerprint density at radius 2 is 1.03 bits per heavy atom. The minimum atomic E-state index is -0.455.